The quantitative estimate of drug-likeness (QED) is 0.533. The van der Waals surface area contributed by atoms with Crippen LogP contribution in [-0.2, 0) is 6.54 Å². The number of carbonyl (C=O) groups is 1. The maximum Gasteiger partial charge on any atom is 0.237 e. The first-order valence-electron chi connectivity index (χ1n) is 4.69. The summed E-state index contributed by atoms with van der Waals surface area (Å²) in [5.41, 5.74) is 3.20. The number of aromatic nitrogens is 1. The number of thiophene rings is 1. The van der Waals surface area contributed by atoms with Crippen LogP contribution in [0.1, 0.15) is 20.2 Å². The Kier molecular flexibility index (Phi) is 7.39. The molecule has 0 fully saturated rings. The van der Waals surface area contributed by atoms with Crippen LogP contribution >= 0.6 is 39.7 Å². The largest absolute Gasteiger partial charge is 1.00 e. The number of thiazole rings is 1. The van der Waals surface area contributed by atoms with Gasteiger partial charge in [-0.1, -0.05) is 17.4 Å². The summed E-state index contributed by atoms with van der Waals surface area (Å²) in [5.74, 6) is 0.191. The third-order valence-corrected chi connectivity index (χ3v) is 4.33. The van der Waals surface area contributed by atoms with E-state index in [2.05, 4.69) is 6.92 Å². The van der Waals surface area contributed by atoms with Crippen molar-refractivity contribution < 1.29 is 26.3 Å². The average molecular weight is 399 g/mol. The van der Waals surface area contributed by atoms with Crippen LogP contribution in [0.4, 0.5) is 0 Å². The van der Waals surface area contributed by atoms with Crippen LogP contribution in [-0.4, -0.2) is 5.78 Å². The molecule has 6 heteroatoms. The van der Waals surface area contributed by atoms with Crippen LogP contribution in [0, 0.1) is 13.8 Å². The van der Waals surface area contributed by atoms with Crippen LogP contribution in [0.15, 0.2) is 23.0 Å². The van der Waals surface area contributed by atoms with Crippen molar-refractivity contribution in [2.75, 3.05) is 0 Å². The topological polar surface area (TPSA) is 20.9 Å². The van der Waals surface area contributed by atoms with Gasteiger partial charge in [-0.3, -0.25) is 4.79 Å². The van der Waals surface area contributed by atoms with Crippen LogP contribution in [0.3, 0.4) is 0 Å². The molecule has 2 aromatic rings. The Labute approximate surface area is 130 Å². The number of rotatable bonds is 3. The predicted molar refractivity (Wildman–Crippen MR) is 73.0 cm³/mol. The molecule has 0 aliphatic rings. The molecular weight excluding hydrogens is 386 g/mol. The number of hydrogen-bond donors (Lipinski definition) is 0. The average Bonchev–Trinajstić information content (AvgIpc) is 2.83. The summed E-state index contributed by atoms with van der Waals surface area (Å²) >= 11 is 3.19. The van der Waals surface area contributed by atoms with Gasteiger partial charge in [-0.05, 0) is 18.4 Å². The molecule has 2 heterocycles. The van der Waals surface area contributed by atoms with E-state index in [0.29, 0.717) is 6.54 Å². The summed E-state index contributed by atoms with van der Waals surface area (Å²) in [6.45, 7) is 4.58. The lowest BCUT2D eigenvalue weighted by Crippen LogP contribution is -3.00. The standard InChI is InChI=1S/C11H12NOS2.2BrH/c1-8-9(2)15-7-12(8)6-10(13)11-4-3-5-14-11;;/h3-5,7H,6H2,1-2H3;2*1H/q+1;;/p-1. The fourth-order valence-electron chi connectivity index (χ4n) is 1.33. The molecular formula is C11H13Br2NOS2. The molecule has 0 spiro atoms. The second-order valence-corrected chi connectivity index (χ2v) is 5.40. The number of hydrogen-bond acceptors (Lipinski definition) is 3. The van der Waals surface area contributed by atoms with Crippen LogP contribution in [0.5, 0.6) is 0 Å². The van der Waals surface area contributed by atoms with Gasteiger partial charge in [-0.25, -0.2) is 0 Å². The second kappa shape index (κ2) is 7.41. The summed E-state index contributed by atoms with van der Waals surface area (Å²) in [6.07, 6.45) is 0. The van der Waals surface area contributed by atoms with Crippen molar-refractivity contribution in [1.29, 1.82) is 0 Å². The highest BCUT2D eigenvalue weighted by molar-refractivity contribution is 8.93. The minimum atomic E-state index is 0. The summed E-state index contributed by atoms with van der Waals surface area (Å²) in [4.78, 5) is 13.9. The van der Waals surface area contributed by atoms with Gasteiger partial charge in [0.1, 0.15) is 0 Å². The van der Waals surface area contributed by atoms with Gasteiger partial charge in [-0.15, -0.1) is 28.3 Å². The Hall–Kier alpha value is -0.0400. The van der Waals surface area contributed by atoms with E-state index in [1.165, 1.54) is 21.9 Å². The summed E-state index contributed by atoms with van der Waals surface area (Å²) in [7, 11) is 0. The molecule has 0 unspecified atom stereocenters. The summed E-state index contributed by atoms with van der Waals surface area (Å²) in [6, 6.07) is 3.79. The second-order valence-electron chi connectivity index (χ2n) is 3.39. The van der Waals surface area contributed by atoms with Crippen molar-refractivity contribution in [2.45, 2.75) is 20.4 Å². The first-order valence-corrected chi connectivity index (χ1v) is 6.45. The maximum atomic E-state index is 11.8. The first-order chi connectivity index (χ1) is 7.18. The lowest BCUT2D eigenvalue weighted by Gasteiger charge is -1.93. The molecule has 0 saturated carbocycles. The monoisotopic (exact) mass is 397 g/mol. The van der Waals surface area contributed by atoms with Gasteiger partial charge in [0.15, 0.2) is 5.69 Å². The van der Waals surface area contributed by atoms with Crippen molar-refractivity contribution in [3.8, 4) is 0 Å². The van der Waals surface area contributed by atoms with Gasteiger partial charge in [0.25, 0.3) is 0 Å². The zero-order valence-electron chi connectivity index (χ0n) is 9.47. The van der Waals surface area contributed by atoms with Crippen molar-refractivity contribution in [1.82, 2.24) is 0 Å². The van der Waals surface area contributed by atoms with Gasteiger partial charge >= 0.3 is 0 Å². The van der Waals surface area contributed by atoms with Gasteiger partial charge in [0, 0.05) is 6.92 Å². The van der Waals surface area contributed by atoms with E-state index in [4.69, 9.17) is 0 Å². The number of Topliss-reactive ketones (excluding diaryl/α,β-unsaturated/α-hetero) is 1. The molecule has 0 amide bonds. The van der Waals surface area contributed by atoms with E-state index in [1.807, 2.05) is 34.5 Å². The number of aryl methyl sites for hydroxylation is 1. The first kappa shape index (κ1) is 17.0. The highest BCUT2D eigenvalue weighted by atomic mass is 79.9. The van der Waals surface area contributed by atoms with Crippen LogP contribution in [0.25, 0.3) is 0 Å². The fourth-order valence-corrected chi connectivity index (χ4v) is 2.80. The number of ketones is 1. The number of carbonyl (C=O) groups excluding carboxylic acids is 1. The van der Waals surface area contributed by atoms with E-state index < -0.39 is 0 Å². The molecule has 2 nitrogen and oxygen atoms in total. The zero-order chi connectivity index (χ0) is 10.8. The molecule has 0 bridgehead atoms. The Morgan fingerprint density at radius 1 is 1.35 bits per heavy atom. The Bertz CT molecular complexity index is 480. The van der Waals surface area contributed by atoms with Gasteiger partial charge < -0.3 is 17.0 Å². The third-order valence-electron chi connectivity index (χ3n) is 2.41. The molecule has 94 valence electrons. The van der Waals surface area contributed by atoms with E-state index in [0.717, 1.165) is 4.88 Å². The predicted octanol–water partition coefficient (Wildman–Crippen LogP) is 0.179. The molecule has 17 heavy (non-hydrogen) atoms. The lowest BCUT2D eigenvalue weighted by atomic mass is 10.3. The minimum Gasteiger partial charge on any atom is -1.00 e. The van der Waals surface area contributed by atoms with Gasteiger partial charge in [-0.2, -0.15) is 4.57 Å². The molecule has 0 aliphatic heterocycles. The third kappa shape index (κ3) is 3.98. The molecule has 0 aliphatic carbocycles. The molecule has 2 aromatic heterocycles. The maximum absolute atomic E-state index is 11.8. The Morgan fingerprint density at radius 3 is 2.53 bits per heavy atom. The van der Waals surface area contributed by atoms with E-state index >= 15 is 0 Å². The highest BCUT2D eigenvalue weighted by Crippen LogP contribution is 2.11. The zero-order valence-corrected chi connectivity index (χ0v) is 14.4. The van der Waals surface area contributed by atoms with Crippen LogP contribution < -0.4 is 21.5 Å². The molecule has 0 N–H and O–H groups in total. The van der Waals surface area contributed by atoms with Gasteiger partial charge in [0.2, 0.25) is 17.8 Å². The molecule has 0 aromatic carbocycles. The fraction of sp³-hybridized carbons (Fsp3) is 0.273. The molecule has 0 atom stereocenters. The SMILES string of the molecule is Br.Cc1sc[n+](CC(=O)c2cccs2)c1C.[Br-]. The molecule has 0 saturated heterocycles. The van der Waals surface area contributed by atoms with Crippen molar-refractivity contribution in [3.63, 3.8) is 0 Å². The Morgan fingerprint density at radius 2 is 2.06 bits per heavy atom. The van der Waals surface area contributed by atoms with E-state index in [-0.39, 0.29) is 39.7 Å². The van der Waals surface area contributed by atoms with Crippen molar-refractivity contribution in [3.05, 3.63) is 38.5 Å². The number of nitrogens with zero attached hydrogens (tertiary/aromatic N) is 1. The van der Waals surface area contributed by atoms with Crippen molar-refractivity contribution in [2.24, 2.45) is 0 Å². The Balaban J connectivity index is 0.00000128. The van der Waals surface area contributed by atoms with Crippen molar-refractivity contribution >= 4 is 45.4 Å². The summed E-state index contributed by atoms with van der Waals surface area (Å²) in [5, 5.41) is 1.93. The normalized spacial score (nSPS) is 9.29. The van der Waals surface area contributed by atoms with Crippen LogP contribution in [0.2, 0.25) is 0 Å². The highest BCUT2D eigenvalue weighted by Gasteiger charge is 2.17. The number of halogens is 2. The smallest absolute Gasteiger partial charge is 0.237 e. The lowest BCUT2D eigenvalue weighted by molar-refractivity contribution is -0.684. The minimum absolute atomic E-state index is 0. The van der Waals surface area contributed by atoms with E-state index in [1.54, 1.807) is 11.3 Å². The van der Waals surface area contributed by atoms with Gasteiger partial charge in [0.05, 0.1) is 9.75 Å². The summed E-state index contributed by atoms with van der Waals surface area (Å²) < 4.78 is 2.02. The van der Waals surface area contributed by atoms with E-state index in [9.17, 15) is 4.79 Å². The molecule has 0 radical (unpaired) electrons. The molecule has 2 rings (SSSR count).